The number of ether oxygens (including phenoxy) is 2. The number of aromatic nitrogens is 4. The molecular formula is C20H21Cl2N5O4S2. The highest BCUT2D eigenvalue weighted by atomic mass is 35.5. The number of esters is 1. The van der Waals surface area contributed by atoms with Gasteiger partial charge in [-0.3, -0.25) is 4.79 Å². The third-order valence-corrected chi connectivity index (χ3v) is 6.75. The highest BCUT2D eigenvalue weighted by Gasteiger charge is 2.19. The molecule has 0 saturated heterocycles. The molecule has 0 aliphatic heterocycles. The number of nitrogens with one attached hydrogen (secondary N) is 1. The quantitative estimate of drug-likeness (QED) is 0.293. The number of carbonyl (C=O) groups excluding carboxylic acids is 2. The number of anilines is 1. The lowest BCUT2D eigenvalue weighted by molar-refractivity contribution is -0.113. The number of nitrogens with zero attached hydrogens (tertiary/aromatic N) is 4. The van der Waals surface area contributed by atoms with E-state index in [0.29, 0.717) is 49.0 Å². The van der Waals surface area contributed by atoms with Crippen molar-refractivity contribution in [3.05, 3.63) is 44.6 Å². The maximum absolute atomic E-state index is 12.4. The van der Waals surface area contributed by atoms with E-state index >= 15 is 0 Å². The first kappa shape index (κ1) is 25.3. The average Bonchev–Trinajstić information content (AvgIpc) is 3.34. The molecule has 13 heteroatoms. The summed E-state index contributed by atoms with van der Waals surface area (Å²) in [7, 11) is 0. The number of thiazole rings is 1. The average molecular weight is 530 g/mol. The minimum Gasteiger partial charge on any atom is -0.484 e. The summed E-state index contributed by atoms with van der Waals surface area (Å²) in [5, 5.41) is 12.9. The standard InChI is InChI=1S/C20H21Cl2N5O4S2/c1-4-27-15(9-31-14-7-6-12(21)8-13(14)22)25-26-20(27)32-10-16(28)24-19-23-11(3)17(33-19)18(29)30-5-2/h6-8H,4-5,9-10H2,1-3H3,(H,23,24,28). The molecule has 0 bridgehead atoms. The van der Waals surface area contributed by atoms with E-state index in [-0.39, 0.29) is 24.9 Å². The van der Waals surface area contributed by atoms with Gasteiger partial charge >= 0.3 is 5.97 Å². The fraction of sp³-hybridized carbons (Fsp3) is 0.350. The molecule has 33 heavy (non-hydrogen) atoms. The highest BCUT2D eigenvalue weighted by Crippen LogP contribution is 2.28. The van der Waals surface area contributed by atoms with Crippen molar-refractivity contribution in [1.82, 2.24) is 19.7 Å². The fourth-order valence-corrected chi connectivity index (χ4v) is 4.87. The Morgan fingerprint density at radius 1 is 1.24 bits per heavy atom. The zero-order valence-electron chi connectivity index (χ0n) is 18.1. The lowest BCUT2D eigenvalue weighted by Crippen LogP contribution is -2.14. The molecule has 0 atom stereocenters. The zero-order valence-corrected chi connectivity index (χ0v) is 21.2. The predicted octanol–water partition coefficient (Wildman–Crippen LogP) is 4.86. The fourth-order valence-electron chi connectivity index (χ4n) is 2.71. The summed E-state index contributed by atoms with van der Waals surface area (Å²) in [4.78, 5) is 28.9. The topological polar surface area (TPSA) is 108 Å². The van der Waals surface area contributed by atoms with E-state index in [9.17, 15) is 9.59 Å². The Kier molecular flexibility index (Phi) is 8.95. The second-order valence-corrected chi connectivity index (χ2v) is 9.28. The van der Waals surface area contributed by atoms with E-state index in [2.05, 4.69) is 20.5 Å². The van der Waals surface area contributed by atoms with Crippen molar-refractivity contribution in [2.24, 2.45) is 0 Å². The molecular weight excluding hydrogens is 509 g/mol. The molecule has 0 aliphatic carbocycles. The lowest BCUT2D eigenvalue weighted by Gasteiger charge is -2.10. The normalized spacial score (nSPS) is 10.8. The van der Waals surface area contributed by atoms with Gasteiger partial charge in [0.1, 0.15) is 17.2 Å². The van der Waals surface area contributed by atoms with Gasteiger partial charge in [-0.25, -0.2) is 9.78 Å². The van der Waals surface area contributed by atoms with Gasteiger partial charge in [0.25, 0.3) is 0 Å². The first-order chi connectivity index (χ1) is 15.8. The van der Waals surface area contributed by atoms with Crippen molar-refractivity contribution in [3.63, 3.8) is 0 Å². The van der Waals surface area contributed by atoms with Crippen LogP contribution in [0.3, 0.4) is 0 Å². The third-order valence-electron chi connectivity index (χ3n) is 4.20. The maximum atomic E-state index is 12.4. The number of halogens is 2. The van der Waals surface area contributed by atoms with Crippen LogP contribution < -0.4 is 10.1 Å². The van der Waals surface area contributed by atoms with Gasteiger partial charge in [0.05, 0.1) is 23.1 Å². The van der Waals surface area contributed by atoms with Gasteiger partial charge in [-0.1, -0.05) is 46.3 Å². The van der Waals surface area contributed by atoms with E-state index < -0.39 is 5.97 Å². The van der Waals surface area contributed by atoms with E-state index in [0.717, 1.165) is 11.3 Å². The monoisotopic (exact) mass is 529 g/mol. The predicted molar refractivity (Wildman–Crippen MR) is 129 cm³/mol. The first-order valence-electron chi connectivity index (χ1n) is 9.89. The Hall–Kier alpha value is -2.34. The largest absolute Gasteiger partial charge is 0.484 e. The Morgan fingerprint density at radius 3 is 2.73 bits per heavy atom. The van der Waals surface area contributed by atoms with Gasteiger partial charge in [-0.2, -0.15) is 0 Å². The number of hydrogen-bond donors (Lipinski definition) is 1. The SMILES string of the molecule is CCOC(=O)c1sc(NC(=O)CSc2nnc(COc3ccc(Cl)cc3Cl)n2CC)nc1C. The second-order valence-electron chi connectivity index (χ2n) is 6.50. The smallest absolute Gasteiger partial charge is 0.350 e. The van der Waals surface area contributed by atoms with Gasteiger partial charge in [-0.05, 0) is 39.0 Å². The van der Waals surface area contributed by atoms with Crippen molar-refractivity contribution in [3.8, 4) is 5.75 Å². The van der Waals surface area contributed by atoms with E-state index in [1.54, 1.807) is 32.0 Å². The van der Waals surface area contributed by atoms with Crippen molar-refractivity contribution < 1.29 is 19.1 Å². The Labute approximate surface area is 208 Å². The Bertz CT molecular complexity index is 1150. The van der Waals surface area contributed by atoms with Gasteiger partial charge in [0.2, 0.25) is 5.91 Å². The molecule has 2 heterocycles. The number of amides is 1. The van der Waals surface area contributed by atoms with Crippen LogP contribution in [0.25, 0.3) is 0 Å². The Balaban J connectivity index is 1.58. The number of hydrogen-bond acceptors (Lipinski definition) is 9. The molecule has 1 N–H and O–H groups in total. The summed E-state index contributed by atoms with van der Waals surface area (Å²) < 4.78 is 12.6. The summed E-state index contributed by atoms with van der Waals surface area (Å²) in [6.45, 7) is 6.39. The number of aryl methyl sites for hydroxylation is 1. The minimum atomic E-state index is -0.451. The summed E-state index contributed by atoms with van der Waals surface area (Å²) in [6.07, 6.45) is 0. The molecule has 2 aromatic heterocycles. The zero-order chi connectivity index (χ0) is 24.0. The molecule has 0 saturated carbocycles. The van der Waals surface area contributed by atoms with Crippen LogP contribution in [0.1, 0.15) is 35.0 Å². The number of thioether (sulfide) groups is 1. The van der Waals surface area contributed by atoms with Crippen molar-refractivity contribution in [2.45, 2.75) is 39.1 Å². The van der Waals surface area contributed by atoms with Crippen LogP contribution in [0.15, 0.2) is 23.4 Å². The van der Waals surface area contributed by atoms with Crippen molar-refractivity contribution in [1.29, 1.82) is 0 Å². The molecule has 0 spiro atoms. The number of carbonyl (C=O) groups is 2. The van der Waals surface area contributed by atoms with Crippen LogP contribution in [-0.4, -0.2) is 44.0 Å². The van der Waals surface area contributed by atoms with E-state index in [1.165, 1.54) is 11.8 Å². The molecule has 1 amide bonds. The van der Waals surface area contributed by atoms with Gasteiger partial charge < -0.3 is 19.4 Å². The van der Waals surface area contributed by atoms with E-state index in [4.69, 9.17) is 32.7 Å². The van der Waals surface area contributed by atoms with Crippen molar-refractivity contribution >= 4 is 63.3 Å². The molecule has 0 unspecified atom stereocenters. The second kappa shape index (κ2) is 11.7. The molecule has 9 nitrogen and oxygen atoms in total. The summed E-state index contributed by atoms with van der Waals surface area (Å²) in [5.41, 5.74) is 0.512. The molecule has 0 radical (unpaired) electrons. The van der Waals surface area contributed by atoms with Gasteiger partial charge in [-0.15, -0.1) is 10.2 Å². The number of rotatable bonds is 10. The Morgan fingerprint density at radius 2 is 2.03 bits per heavy atom. The molecule has 176 valence electrons. The van der Waals surface area contributed by atoms with Gasteiger partial charge in [0, 0.05) is 11.6 Å². The lowest BCUT2D eigenvalue weighted by atomic mass is 10.3. The van der Waals surface area contributed by atoms with Crippen LogP contribution in [-0.2, 0) is 22.7 Å². The minimum absolute atomic E-state index is 0.0926. The molecule has 0 fully saturated rings. The molecule has 0 aliphatic rings. The highest BCUT2D eigenvalue weighted by molar-refractivity contribution is 7.99. The maximum Gasteiger partial charge on any atom is 0.350 e. The first-order valence-corrected chi connectivity index (χ1v) is 12.4. The van der Waals surface area contributed by atoms with Crippen LogP contribution in [0, 0.1) is 6.92 Å². The van der Waals surface area contributed by atoms with Crippen LogP contribution in [0.2, 0.25) is 10.0 Å². The molecule has 3 rings (SSSR count). The van der Waals surface area contributed by atoms with Gasteiger partial charge in [0.15, 0.2) is 16.1 Å². The van der Waals surface area contributed by atoms with Crippen LogP contribution in [0.5, 0.6) is 5.75 Å². The van der Waals surface area contributed by atoms with Crippen LogP contribution >= 0.6 is 46.3 Å². The third kappa shape index (κ3) is 6.59. The summed E-state index contributed by atoms with van der Waals surface area (Å²) in [6, 6.07) is 4.97. The van der Waals surface area contributed by atoms with E-state index in [1.807, 2.05) is 11.5 Å². The summed E-state index contributed by atoms with van der Waals surface area (Å²) >= 11 is 14.4. The summed E-state index contributed by atoms with van der Waals surface area (Å²) in [5.74, 6) is 0.450. The van der Waals surface area contributed by atoms with Crippen molar-refractivity contribution in [2.75, 3.05) is 17.7 Å². The number of benzene rings is 1. The van der Waals surface area contributed by atoms with Crippen LogP contribution in [0.4, 0.5) is 5.13 Å². The molecule has 3 aromatic rings. The molecule has 1 aromatic carbocycles.